The molecule has 0 saturated carbocycles. The molecule has 0 bridgehead atoms. The van der Waals surface area contributed by atoms with Crippen molar-refractivity contribution in [2.24, 2.45) is 0 Å². The Bertz CT molecular complexity index is 533. The van der Waals surface area contributed by atoms with Crippen molar-refractivity contribution in [2.45, 2.75) is 13.0 Å². The van der Waals surface area contributed by atoms with Crippen LogP contribution in [0.3, 0.4) is 0 Å². The summed E-state index contributed by atoms with van der Waals surface area (Å²) >= 11 is 3.41. The Morgan fingerprint density at radius 3 is 2.85 bits per heavy atom. The monoisotopic (exact) mass is 340 g/mol. The largest absolute Gasteiger partial charge is 0.377 e. The number of halogens is 1. The molecule has 0 aromatic heterocycles. The standard InChI is InChI=1S/C14H17BrN2O3/c1-9-3-4-10(11(15)7-9)14(19)17-5-6-20-8-12(17)13(18)16-2/h3-4,7,12H,5-6,8H2,1-2H3,(H,16,18). The summed E-state index contributed by atoms with van der Waals surface area (Å²) in [4.78, 5) is 26.0. The number of amides is 2. The fourth-order valence-corrected chi connectivity index (χ4v) is 2.84. The number of benzene rings is 1. The second kappa shape index (κ2) is 6.37. The Morgan fingerprint density at radius 2 is 2.20 bits per heavy atom. The Hall–Kier alpha value is -1.40. The van der Waals surface area contributed by atoms with E-state index in [0.717, 1.165) is 10.0 Å². The molecular formula is C14H17BrN2O3. The number of hydrogen-bond donors (Lipinski definition) is 1. The summed E-state index contributed by atoms with van der Waals surface area (Å²) in [5.41, 5.74) is 1.63. The van der Waals surface area contributed by atoms with Gasteiger partial charge >= 0.3 is 0 Å². The number of aryl methyl sites for hydroxylation is 1. The molecule has 2 rings (SSSR count). The Kier molecular flexibility index (Phi) is 4.77. The lowest BCUT2D eigenvalue weighted by Crippen LogP contribution is -2.55. The first kappa shape index (κ1) is 15.0. The van der Waals surface area contributed by atoms with Crippen molar-refractivity contribution >= 4 is 27.7 Å². The number of hydrogen-bond acceptors (Lipinski definition) is 3. The predicted molar refractivity (Wildman–Crippen MR) is 78.6 cm³/mol. The second-order valence-corrected chi connectivity index (χ2v) is 5.54. The van der Waals surface area contributed by atoms with Crippen molar-refractivity contribution in [2.75, 3.05) is 26.8 Å². The van der Waals surface area contributed by atoms with E-state index in [9.17, 15) is 9.59 Å². The van der Waals surface area contributed by atoms with Crippen LogP contribution in [0.1, 0.15) is 15.9 Å². The first-order valence-corrected chi connectivity index (χ1v) is 7.20. The minimum absolute atomic E-state index is 0.159. The molecule has 2 amide bonds. The highest BCUT2D eigenvalue weighted by Gasteiger charge is 2.33. The first-order chi connectivity index (χ1) is 9.54. The molecule has 5 nitrogen and oxygen atoms in total. The van der Waals surface area contributed by atoms with Gasteiger partial charge in [0.1, 0.15) is 6.04 Å². The zero-order valence-electron chi connectivity index (χ0n) is 11.5. The maximum atomic E-state index is 12.6. The van der Waals surface area contributed by atoms with Crippen LogP contribution in [-0.4, -0.2) is 49.6 Å². The van der Waals surface area contributed by atoms with Gasteiger partial charge in [0.25, 0.3) is 5.91 Å². The molecule has 0 aliphatic carbocycles. The van der Waals surface area contributed by atoms with Gasteiger partial charge < -0.3 is 15.0 Å². The molecule has 6 heteroatoms. The number of likely N-dealkylation sites (N-methyl/N-ethyl adjacent to an activating group) is 1. The summed E-state index contributed by atoms with van der Waals surface area (Å²) in [5, 5.41) is 2.57. The molecule has 1 aliphatic rings. The van der Waals surface area contributed by atoms with Gasteiger partial charge in [-0.1, -0.05) is 6.07 Å². The van der Waals surface area contributed by atoms with E-state index in [2.05, 4.69) is 21.2 Å². The average molecular weight is 341 g/mol. The minimum atomic E-state index is -0.575. The van der Waals surface area contributed by atoms with E-state index in [1.165, 1.54) is 0 Å². The van der Waals surface area contributed by atoms with Gasteiger partial charge in [0, 0.05) is 18.1 Å². The van der Waals surface area contributed by atoms with E-state index in [-0.39, 0.29) is 18.4 Å². The van der Waals surface area contributed by atoms with E-state index >= 15 is 0 Å². The molecule has 1 atom stereocenters. The molecule has 1 aromatic carbocycles. The summed E-state index contributed by atoms with van der Waals surface area (Å²) in [6.07, 6.45) is 0. The number of ether oxygens (including phenoxy) is 1. The van der Waals surface area contributed by atoms with E-state index < -0.39 is 6.04 Å². The lowest BCUT2D eigenvalue weighted by atomic mass is 10.1. The van der Waals surface area contributed by atoms with Crippen molar-refractivity contribution in [3.8, 4) is 0 Å². The van der Waals surface area contributed by atoms with Crippen LogP contribution in [0, 0.1) is 6.92 Å². The van der Waals surface area contributed by atoms with Crippen LogP contribution < -0.4 is 5.32 Å². The Morgan fingerprint density at radius 1 is 1.45 bits per heavy atom. The van der Waals surface area contributed by atoms with Crippen LogP contribution in [0.5, 0.6) is 0 Å². The van der Waals surface area contributed by atoms with E-state index in [4.69, 9.17) is 4.74 Å². The fourth-order valence-electron chi connectivity index (χ4n) is 2.18. The summed E-state index contributed by atoms with van der Waals surface area (Å²) in [6, 6.07) is 4.98. The van der Waals surface area contributed by atoms with Gasteiger partial charge in [0.15, 0.2) is 0 Å². The third kappa shape index (κ3) is 3.02. The SMILES string of the molecule is CNC(=O)C1COCCN1C(=O)c1ccc(C)cc1Br. The quantitative estimate of drug-likeness (QED) is 0.883. The molecule has 1 heterocycles. The van der Waals surface area contributed by atoms with Crippen molar-refractivity contribution in [1.29, 1.82) is 0 Å². The smallest absolute Gasteiger partial charge is 0.255 e. The molecule has 1 fully saturated rings. The molecule has 108 valence electrons. The second-order valence-electron chi connectivity index (χ2n) is 4.69. The molecule has 1 unspecified atom stereocenters. The Labute approximate surface area is 126 Å². The summed E-state index contributed by atoms with van der Waals surface area (Å²) < 4.78 is 6.04. The van der Waals surface area contributed by atoms with E-state index in [1.54, 1.807) is 18.0 Å². The van der Waals surface area contributed by atoms with Crippen molar-refractivity contribution < 1.29 is 14.3 Å². The van der Waals surface area contributed by atoms with Crippen LogP contribution in [0.2, 0.25) is 0 Å². The highest BCUT2D eigenvalue weighted by Crippen LogP contribution is 2.22. The molecule has 20 heavy (non-hydrogen) atoms. The normalized spacial score (nSPS) is 18.8. The fraction of sp³-hybridized carbons (Fsp3) is 0.429. The third-order valence-corrected chi connectivity index (χ3v) is 3.95. The number of morpholine rings is 1. The summed E-state index contributed by atoms with van der Waals surface area (Å²) in [7, 11) is 1.56. The minimum Gasteiger partial charge on any atom is -0.377 e. The number of nitrogens with one attached hydrogen (secondary N) is 1. The number of carbonyl (C=O) groups is 2. The van der Waals surface area contributed by atoms with Crippen LogP contribution in [0.4, 0.5) is 0 Å². The van der Waals surface area contributed by atoms with Crippen LogP contribution in [-0.2, 0) is 9.53 Å². The molecule has 0 spiro atoms. The highest BCUT2D eigenvalue weighted by molar-refractivity contribution is 9.10. The third-order valence-electron chi connectivity index (χ3n) is 3.29. The van der Waals surface area contributed by atoms with Crippen LogP contribution >= 0.6 is 15.9 Å². The van der Waals surface area contributed by atoms with Crippen molar-refractivity contribution in [3.63, 3.8) is 0 Å². The number of rotatable bonds is 2. The van der Waals surface area contributed by atoms with Crippen molar-refractivity contribution in [1.82, 2.24) is 10.2 Å². The summed E-state index contributed by atoms with van der Waals surface area (Å²) in [6.45, 7) is 3.05. The zero-order chi connectivity index (χ0) is 14.7. The van der Waals surface area contributed by atoms with Gasteiger partial charge in [-0.15, -0.1) is 0 Å². The number of nitrogens with zero attached hydrogens (tertiary/aromatic N) is 1. The van der Waals surface area contributed by atoms with E-state index in [0.29, 0.717) is 18.7 Å². The first-order valence-electron chi connectivity index (χ1n) is 6.41. The molecule has 1 N–H and O–H groups in total. The lowest BCUT2D eigenvalue weighted by molar-refractivity contribution is -0.130. The molecule has 1 aliphatic heterocycles. The van der Waals surface area contributed by atoms with Gasteiger partial charge in [0.05, 0.1) is 18.8 Å². The molecule has 1 aromatic rings. The molecular weight excluding hydrogens is 324 g/mol. The topological polar surface area (TPSA) is 58.6 Å². The predicted octanol–water partition coefficient (Wildman–Crippen LogP) is 1.34. The summed E-state index contributed by atoms with van der Waals surface area (Å²) in [5.74, 6) is -0.366. The van der Waals surface area contributed by atoms with Gasteiger partial charge in [-0.25, -0.2) is 0 Å². The zero-order valence-corrected chi connectivity index (χ0v) is 13.1. The van der Waals surface area contributed by atoms with Crippen LogP contribution in [0.25, 0.3) is 0 Å². The van der Waals surface area contributed by atoms with Gasteiger partial charge in [-0.3, -0.25) is 9.59 Å². The number of carbonyl (C=O) groups excluding carboxylic acids is 2. The lowest BCUT2D eigenvalue weighted by Gasteiger charge is -2.34. The molecule has 1 saturated heterocycles. The van der Waals surface area contributed by atoms with Gasteiger partial charge in [-0.2, -0.15) is 0 Å². The average Bonchev–Trinajstić information content (AvgIpc) is 2.46. The van der Waals surface area contributed by atoms with Gasteiger partial charge in [0.2, 0.25) is 5.91 Å². The van der Waals surface area contributed by atoms with Crippen molar-refractivity contribution in [3.05, 3.63) is 33.8 Å². The maximum absolute atomic E-state index is 12.6. The Balaban J connectivity index is 2.27. The van der Waals surface area contributed by atoms with E-state index in [1.807, 2.05) is 19.1 Å². The maximum Gasteiger partial charge on any atom is 0.255 e. The molecule has 0 radical (unpaired) electrons. The highest BCUT2D eigenvalue weighted by atomic mass is 79.9. The van der Waals surface area contributed by atoms with Gasteiger partial charge in [-0.05, 0) is 40.5 Å². The van der Waals surface area contributed by atoms with Crippen LogP contribution in [0.15, 0.2) is 22.7 Å².